The van der Waals surface area contributed by atoms with Crippen molar-refractivity contribution in [1.29, 1.82) is 0 Å². The van der Waals surface area contributed by atoms with Crippen LogP contribution in [0.3, 0.4) is 0 Å². The summed E-state index contributed by atoms with van der Waals surface area (Å²) in [6.45, 7) is 2.57. The lowest BCUT2D eigenvalue weighted by atomic mass is 9.74. The number of methoxy groups -OCH3 is 1. The van der Waals surface area contributed by atoms with Crippen molar-refractivity contribution in [1.82, 2.24) is 0 Å². The standard InChI is InChI=1S/C10H16O4/c1-12-9(11)10(3-5-14-7-10)8-2-4-13-6-8/h8H,2-7H2,1H3. The van der Waals surface area contributed by atoms with Crippen LogP contribution in [0.25, 0.3) is 0 Å². The number of hydrogen-bond acceptors (Lipinski definition) is 4. The van der Waals surface area contributed by atoms with Crippen molar-refractivity contribution in [3.8, 4) is 0 Å². The Kier molecular flexibility index (Phi) is 2.74. The van der Waals surface area contributed by atoms with E-state index in [1.807, 2.05) is 0 Å². The zero-order valence-electron chi connectivity index (χ0n) is 8.45. The molecule has 2 atom stereocenters. The fourth-order valence-electron chi connectivity index (χ4n) is 2.40. The van der Waals surface area contributed by atoms with E-state index in [1.165, 1.54) is 7.11 Å². The fraction of sp³-hybridized carbons (Fsp3) is 0.900. The molecule has 2 heterocycles. The van der Waals surface area contributed by atoms with Crippen LogP contribution in [0, 0.1) is 11.3 Å². The van der Waals surface area contributed by atoms with Crippen molar-refractivity contribution in [2.45, 2.75) is 12.8 Å². The Bertz CT molecular complexity index is 214. The fourth-order valence-corrected chi connectivity index (χ4v) is 2.40. The van der Waals surface area contributed by atoms with Crippen LogP contribution >= 0.6 is 0 Å². The lowest BCUT2D eigenvalue weighted by Crippen LogP contribution is -2.40. The van der Waals surface area contributed by atoms with Crippen LogP contribution in [0.2, 0.25) is 0 Å². The largest absolute Gasteiger partial charge is 0.469 e. The lowest BCUT2D eigenvalue weighted by Gasteiger charge is -2.29. The molecule has 0 spiro atoms. The van der Waals surface area contributed by atoms with E-state index in [9.17, 15) is 4.79 Å². The molecule has 0 aromatic rings. The first-order valence-corrected chi connectivity index (χ1v) is 5.03. The number of ether oxygens (including phenoxy) is 3. The highest BCUT2D eigenvalue weighted by molar-refractivity contribution is 5.77. The van der Waals surface area contributed by atoms with Gasteiger partial charge in [-0.15, -0.1) is 0 Å². The molecule has 2 saturated heterocycles. The molecule has 0 saturated carbocycles. The van der Waals surface area contributed by atoms with Gasteiger partial charge in [-0.3, -0.25) is 4.79 Å². The highest BCUT2D eigenvalue weighted by Gasteiger charge is 2.50. The van der Waals surface area contributed by atoms with Gasteiger partial charge in [0.05, 0.1) is 25.7 Å². The molecule has 2 rings (SSSR count). The number of rotatable bonds is 2. The van der Waals surface area contributed by atoms with E-state index in [2.05, 4.69) is 0 Å². The third kappa shape index (κ3) is 1.42. The summed E-state index contributed by atoms with van der Waals surface area (Å²) in [6, 6.07) is 0. The monoisotopic (exact) mass is 200 g/mol. The highest BCUT2D eigenvalue weighted by atomic mass is 16.5. The predicted octanol–water partition coefficient (Wildman–Crippen LogP) is 0.603. The van der Waals surface area contributed by atoms with Crippen molar-refractivity contribution < 1.29 is 19.0 Å². The van der Waals surface area contributed by atoms with Gasteiger partial charge >= 0.3 is 5.97 Å². The summed E-state index contributed by atoms with van der Waals surface area (Å²) in [5.74, 6) is 0.142. The van der Waals surface area contributed by atoms with Crippen LogP contribution in [0.1, 0.15) is 12.8 Å². The topological polar surface area (TPSA) is 44.8 Å². The summed E-state index contributed by atoms with van der Waals surface area (Å²) in [5.41, 5.74) is -0.425. The van der Waals surface area contributed by atoms with Gasteiger partial charge in [0.25, 0.3) is 0 Å². The van der Waals surface area contributed by atoms with Crippen molar-refractivity contribution in [2.24, 2.45) is 11.3 Å². The summed E-state index contributed by atoms with van der Waals surface area (Å²) >= 11 is 0. The zero-order valence-corrected chi connectivity index (χ0v) is 8.45. The molecule has 0 bridgehead atoms. The Balaban J connectivity index is 2.16. The van der Waals surface area contributed by atoms with Gasteiger partial charge in [0.15, 0.2) is 0 Å². The Morgan fingerprint density at radius 1 is 1.43 bits per heavy atom. The molecule has 0 aromatic heterocycles. The second kappa shape index (κ2) is 3.87. The summed E-state index contributed by atoms with van der Waals surface area (Å²) in [6.07, 6.45) is 1.71. The second-order valence-electron chi connectivity index (χ2n) is 4.01. The average Bonchev–Trinajstić information content (AvgIpc) is 2.86. The third-order valence-corrected chi connectivity index (χ3v) is 3.36. The van der Waals surface area contributed by atoms with Crippen molar-refractivity contribution in [2.75, 3.05) is 33.5 Å². The van der Waals surface area contributed by atoms with Crippen LogP contribution in [-0.4, -0.2) is 39.5 Å². The van der Waals surface area contributed by atoms with E-state index in [0.29, 0.717) is 19.8 Å². The minimum absolute atomic E-state index is 0.134. The first kappa shape index (κ1) is 9.93. The van der Waals surface area contributed by atoms with E-state index < -0.39 is 5.41 Å². The highest BCUT2D eigenvalue weighted by Crippen LogP contribution is 2.41. The number of carbonyl (C=O) groups is 1. The van der Waals surface area contributed by atoms with Crippen LogP contribution < -0.4 is 0 Å². The zero-order chi connectivity index (χ0) is 10.0. The number of esters is 1. The van der Waals surface area contributed by atoms with Crippen molar-refractivity contribution >= 4 is 5.97 Å². The molecular formula is C10H16O4. The molecule has 80 valence electrons. The van der Waals surface area contributed by atoms with E-state index in [0.717, 1.165) is 19.4 Å². The quantitative estimate of drug-likeness (QED) is 0.612. The minimum atomic E-state index is -0.425. The molecule has 2 aliphatic rings. The van der Waals surface area contributed by atoms with Gasteiger partial charge in [-0.05, 0) is 12.8 Å². The minimum Gasteiger partial charge on any atom is -0.469 e. The maximum atomic E-state index is 11.8. The average molecular weight is 200 g/mol. The third-order valence-electron chi connectivity index (χ3n) is 3.36. The molecule has 4 nitrogen and oxygen atoms in total. The van der Waals surface area contributed by atoms with Gasteiger partial charge in [-0.1, -0.05) is 0 Å². The maximum absolute atomic E-state index is 11.8. The van der Waals surface area contributed by atoms with Gasteiger partial charge in [0.2, 0.25) is 0 Å². The summed E-state index contributed by atoms with van der Waals surface area (Å²) in [7, 11) is 1.44. The van der Waals surface area contributed by atoms with Gasteiger partial charge in [0, 0.05) is 19.1 Å². The van der Waals surface area contributed by atoms with Crippen LogP contribution in [0.15, 0.2) is 0 Å². The summed E-state index contributed by atoms with van der Waals surface area (Å²) in [5, 5.41) is 0. The van der Waals surface area contributed by atoms with Crippen LogP contribution in [0.4, 0.5) is 0 Å². The van der Waals surface area contributed by atoms with Crippen molar-refractivity contribution in [3.63, 3.8) is 0 Å². The van der Waals surface area contributed by atoms with Gasteiger partial charge in [-0.25, -0.2) is 0 Å². The first-order chi connectivity index (χ1) is 6.79. The van der Waals surface area contributed by atoms with E-state index >= 15 is 0 Å². The molecule has 0 amide bonds. The lowest BCUT2D eigenvalue weighted by molar-refractivity contribution is -0.156. The normalized spacial score (nSPS) is 37.4. The van der Waals surface area contributed by atoms with Gasteiger partial charge in [-0.2, -0.15) is 0 Å². The molecule has 0 aromatic carbocycles. The van der Waals surface area contributed by atoms with Gasteiger partial charge < -0.3 is 14.2 Å². The van der Waals surface area contributed by atoms with E-state index in [-0.39, 0.29) is 11.9 Å². The summed E-state index contributed by atoms with van der Waals surface area (Å²) in [4.78, 5) is 11.8. The first-order valence-electron chi connectivity index (χ1n) is 5.03. The van der Waals surface area contributed by atoms with Gasteiger partial charge in [0.1, 0.15) is 0 Å². The predicted molar refractivity (Wildman–Crippen MR) is 48.8 cm³/mol. The summed E-state index contributed by atoms with van der Waals surface area (Å²) < 4.78 is 15.5. The second-order valence-corrected chi connectivity index (χ2v) is 4.01. The molecule has 4 heteroatoms. The Hall–Kier alpha value is -0.610. The van der Waals surface area contributed by atoms with Crippen LogP contribution in [0.5, 0.6) is 0 Å². The van der Waals surface area contributed by atoms with Crippen molar-refractivity contribution in [3.05, 3.63) is 0 Å². The molecule has 0 radical (unpaired) electrons. The SMILES string of the molecule is COC(=O)C1(C2CCOC2)CCOC1. The number of hydrogen-bond donors (Lipinski definition) is 0. The number of carbonyl (C=O) groups excluding carboxylic acids is 1. The Morgan fingerprint density at radius 2 is 2.29 bits per heavy atom. The van der Waals surface area contributed by atoms with E-state index in [1.54, 1.807) is 0 Å². The Morgan fingerprint density at radius 3 is 2.79 bits per heavy atom. The Labute approximate surface area is 83.5 Å². The molecule has 2 aliphatic heterocycles. The molecular weight excluding hydrogens is 184 g/mol. The molecule has 14 heavy (non-hydrogen) atoms. The molecule has 2 fully saturated rings. The van der Waals surface area contributed by atoms with Crippen LogP contribution in [-0.2, 0) is 19.0 Å². The van der Waals surface area contributed by atoms with E-state index in [4.69, 9.17) is 14.2 Å². The maximum Gasteiger partial charge on any atom is 0.314 e. The smallest absolute Gasteiger partial charge is 0.314 e. The molecule has 2 unspecified atom stereocenters. The molecule has 0 N–H and O–H groups in total. The molecule has 0 aliphatic carbocycles.